The third-order valence-electron chi connectivity index (χ3n) is 5.55. The molecule has 1 aromatic heterocycles. The number of hydrogen-bond donors (Lipinski definition) is 0. The van der Waals surface area contributed by atoms with Crippen molar-refractivity contribution in [2.24, 2.45) is 0 Å². The van der Waals surface area contributed by atoms with Crippen molar-refractivity contribution in [2.75, 3.05) is 13.6 Å². The van der Waals surface area contributed by atoms with Gasteiger partial charge in [0, 0.05) is 17.7 Å². The number of aromatic nitrogens is 2. The van der Waals surface area contributed by atoms with Crippen LogP contribution in [0.25, 0.3) is 0 Å². The first-order chi connectivity index (χ1) is 11.7. The van der Waals surface area contributed by atoms with Gasteiger partial charge in [0.05, 0.1) is 5.69 Å². The Morgan fingerprint density at radius 3 is 2.62 bits per heavy atom. The molecule has 1 heterocycles. The lowest BCUT2D eigenvalue weighted by Crippen LogP contribution is -2.22. The van der Waals surface area contributed by atoms with Gasteiger partial charge in [-0.25, -0.2) is 9.97 Å². The Morgan fingerprint density at radius 1 is 1.08 bits per heavy atom. The zero-order valence-corrected chi connectivity index (χ0v) is 14.8. The van der Waals surface area contributed by atoms with E-state index in [0.29, 0.717) is 5.92 Å². The van der Waals surface area contributed by atoms with Gasteiger partial charge >= 0.3 is 0 Å². The van der Waals surface area contributed by atoms with E-state index in [2.05, 4.69) is 42.3 Å². The third kappa shape index (κ3) is 3.23. The largest absolute Gasteiger partial charge is 0.303 e. The molecule has 2 aliphatic rings. The number of rotatable bonds is 6. The van der Waals surface area contributed by atoms with E-state index in [4.69, 9.17) is 9.97 Å². The molecule has 0 spiro atoms. The fraction of sp³-hybridized carbons (Fsp3) is 0.524. The molecule has 24 heavy (non-hydrogen) atoms. The molecule has 1 aromatic carbocycles. The second kappa shape index (κ2) is 6.64. The lowest BCUT2D eigenvalue weighted by molar-refractivity contribution is 0.319. The molecule has 0 aliphatic heterocycles. The molecular weight excluding hydrogens is 294 g/mol. The molecule has 3 heteroatoms. The van der Waals surface area contributed by atoms with Gasteiger partial charge in [-0.1, -0.05) is 30.3 Å². The van der Waals surface area contributed by atoms with Gasteiger partial charge in [0.1, 0.15) is 5.82 Å². The van der Waals surface area contributed by atoms with Crippen LogP contribution in [0.4, 0.5) is 0 Å². The number of benzene rings is 1. The highest BCUT2D eigenvalue weighted by Gasteiger charge is 2.29. The van der Waals surface area contributed by atoms with Gasteiger partial charge in [0.25, 0.3) is 0 Å². The molecule has 0 saturated heterocycles. The molecule has 1 unspecified atom stereocenters. The van der Waals surface area contributed by atoms with Crippen LogP contribution in [-0.2, 0) is 12.8 Å². The Kier molecular flexibility index (Phi) is 4.36. The van der Waals surface area contributed by atoms with E-state index in [0.717, 1.165) is 24.7 Å². The lowest BCUT2D eigenvalue weighted by atomic mass is 9.96. The predicted octanol–water partition coefficient (Wildman–Crippen LogP) is 3.89. The first-order valence-corrected chi connectivity index (χ1v) is 9.34. The molecule has 0 radical (unpaired) electrons. The summed E-state index contributed by atoms with van der Waals surface area (Å²) in [5.74, 6) is 1.39. The summed E-state index contributed by atoms with van der Waals surface area (Å²) >= 11 is 0. The van der Waals surface area contributed by atoms with Crippen LogP contribution in [0.2, 0.25) is 0 Å². The average molecular weight is 321 g/mol. The van der Waals surface area contributed by atoms with Gasteiger partial charge in [-0.2, -0.15) is 0 Å². The predicted molar refractivity (Wildman–Crippen MR) is 97.3 cm³/mol. The molecule has 0 amide bonds. The maximum atomic E-state index is 4.83. The summed E-state index contributed by atoms with van der Waals surface area (Å²) in [6, 6.07) is 11.7. The van der Waals surface area contributed by atoms with E-state index in [1.807, 2.05) is 6.92 Å². The lowest BCUT2D eigenvalue weighted by Gasteiger charge is -2.16. The minimum Gasteiger partial charge on any atom is -0.303 e. The Bertz CT molecular complexity index is 707. The quantitative estimate of drug-likeness (QED) is 0.808. The van der Waals surface area contributed by atoms with Crippen molar-refractivity contribution in [2.45, 2.75) is 57.4 Å². The molecule has 1 saturated carbocycles. The standard InChI is InChI=1S/C21H27N3/c1-15-22-20(9-6-14-24(2)17-10-11-17)19-13-12-18(21(19)23-15)16-7-4-3-5-8-16/h3-5,7-8,17-18H,6,9-14H2,1-2H3. The van der Waals surface area contributed by atoms with Crippen LogP contribution in [0.3, 0.4) is 0 Å². The second-order valence-electron chi connectivity index (χ2n) is 7.40. The minimum absolute atomic E-state index is 0.454. The van der Waals surface area contributed by atoms with Crippen molar-refractivity contribution in [3.05, 3.63) is 58.7 Å². The van der Waals surface area contributed by atoms with Crippen LogP contribution in [0.15, 0.2) is 30.3 Å². The molecule has 2 aromatic rings. The number of fused-ring (bicyclic) bond motifs is 1. The highest BCUT2D eigenvalue weighted by molar-refractivity contribution is 5.40. The van der Waals surface area contributed by atoms with E-state index in [9.17, 15) is 0 Å². The SMILES string of the molecule is Cc1nc(CCCN(C)C2CC2)c2c(n1)C(c1ccccc1)CC2. The average Bonchev–Trinajstić information content (AvgIpc) is 3.36. The van der Waals surface area contributed by atoms with Crippen molar-refractivity contribution in [1.29, 1.82) is 0 Å². The first kappa shape index (κ1) is 15.8. The molecule has 1 atom stereocenters. The van der Waals surface area contributed by atoms with Crippen molar-refractivity contribution in [3.63, 3.8) is 0 Å². The molecular formula is C21H27N3. The topological polar surface area (TPSA) is 29.0 Å². The maximum Gasteiger partial charge on any atom is 0.125 e. The highest BCUT2D eigenvalue weighted by atomic mass is 15.1. The smallest absolute Gasteiger partial charge is 0.125 e. The van der Waals surface area contributed by atoms with E-state index in [-0.39, 0.29) is 0 Å². The maximum absolute atomic E-state index is 4.83. The summed E-state index contributed by atoms with van der Waals surface area (Å²) in [6.45, 7) is 3.23. The van der Waals surface area contributed by atoms with E-state index in [1.54, 1.807) is 0 Å². The summed E-state index contributed by atoms with van der Waals surface area (Å²) in [5, 5.41) is 0. The van der Waals surface area contributed by atoms with Crippen molar-refractivity contribution >= 4 is 0 Å². The molecule has 126 valence electrons. The van der Waals surface area contributed by atoms with Gasteiger partial charge in [-0.3, -0.25) is 0 Å². The van der Waals surface area contributed by atoms with Gasteiger partial charge in [-0.05, 0) is 70.2 Å². The molecule has 4 rings (SSSR count). The normalized spacial score (nSPS) is 19.7. The van der Waals surface area contributed by atoms with E-state index >= 15 is 0 Å². The van der Waals surface area contributed by atoms with Gasteiger partial charge in [0.15, 0.2) is 0 Å². The van der Waals surface area contributed by atoms with Crippen LogP contribution in [0.5, 0.6) is 0 Å². The summed E-state index contributed by atoms with van der Waals surface area (Å²) in [6.07, 6.45) is 7.36. The number of aryl methyl sites for hydroxylation is 2. The Morgan fingerprint density at radius 2 is 1.88 bits per heavy atom. The van der Waals surface area contributed by atoms with Crippen LogP contribution < -0.4 is 0 Å². The van der Waals surface area contributed by atoms with Crippen molar-refractivity contribution < 1.29 is 0 Å². The van der Waals surface area contributed by atoms with E-state index < -0.39 is 0 Å². The molecule has 3 nitrogen and oxygen atoms in total. The third-order valence-corrected chi connectivity index (χ3v) is 5.55. The zero-order valence-electron chi connectivity index (χ0n) is 14.8. The van der Waals surface area contributed by atoms with E-state index in [1.165, 1.54) is 54.7 Å². The minimum atomic E-state index is 0.454. The van der Waals surface area contributed by atoms with Gasteiger partial charge < -0.3 is 4.90 Å². The zero-order chi connectivity index (χ0) is 16.5. The van der Waals surface area contributed by atoms with Crippen LogP contribution in [0, 0.1) is 6.92 Å². The van der Waals surface area contributed by atoms with Crippen molar-refractivity contribution in [3.8, 4) is 0 Å². The molecule has 0 N–H and O–H groups in total. The Balaban J connectivity index is 1.52. The highest BCUT2D eigenvalue weighted by Crippen LogP contribution is 2.38. The molecule has 2 aliphatic carbocycles. The summed E-state index contributed by atoms with van der Waals surface area (Å²) in [5.41, 5.74) is 5.43. The number of hydrogen-bond acceptors (Lipinski definition) is 3. The monoisotopic (exact) mass is 321 g/mol. The van der Waals surface area contributed by atoms with Crippen molar-refractivity contribution in [1.82, 2.24) is 14.9 Å². The fourth-order valence-corrected chi connectivity index (χ4v) is 4.07. The van der Waals surface area contributed by atoms with Crippen LogP contribution in [-0.4, -0.2) is 34.5 Å². The molecule has 0 bridgehead atoms. The fourth-order valence-electron chi connectivity index (χ4n) is 4.07. The summed E-state index contributed by atoms with van der Waals surface area (Å²) in [4.78, 5) is 12.1. The second-order valence-corrected chi connectivity index (χ2v) is 7.40. The molecule has 1 fully saturated rings. The van der Waals surface area contributed by atoms with Crippen LogP contribution in [0.1, 0.15) is 59.9 Å². The Hall–Kier alpha value is -1.74. The first-order valence-electron chi connectivity index (χ1n) is 9.34. The summed E-state index contributed by atoms with van der Waals surface area (Å²) in [7, 11) is 2.26. The Labute approximate surface area is 145 Å². The summed E-state index contributed by atoms with van der Waals surface area (Å²) < 4.78 is 0. The van der Waals surface area contributed by atoms with Gasteiger partial charge in [-0.15, -0.1) is 0 Å². The van der Waals surface area contributed by atoms with Gasteiger partial charge in [0.2, 0.25) is 0 Å². The number of nitrogens with zero attached hydrogens (tertiary/aromatic N) is 3. The van der Waals surface area contributed by atoms with Crippen LogP contribution >= 0.6 is 0 Å².